The molecule has 19 heavy (non-hydrogen) atoms. The van der Waals surface area contributed by atoms with Gasteiger partial charge >= 0.3 is 6.09 Å². The van der Waals surface area contributed by atoms with Gasteiger partial charge in [-0.1, -0.05) is 30.3 Å². The molecule has 3 aliphatic heterocycles. The third-order valence-corrected chi connectivity index (χ3v) is 3.67. The minimum atomic E-state index is -0.395. The topological polar surface area (TPSA) is 58.6 Å². The molecular formula is C14H16N2O3. The highest BCUT2D eigenvalue weighted by atomic mass is 16.6. The van der Waals surface area contributed by atoms with Crippen LogP contribution in [0, 0.1) is 0 Å². The third-order valence-electron chi connectivity index (χ3n) is 3.67. The number of piperidine rings is 2. The Labute approximate surface area is 111 Å². The summed E-state index contributed by atoms with van der Waals surface area (Å²) in [7, 11) is 0. The molecular weight excluding hydrogens is 244 g/mol. The summed E-state index contributed by atoms with van der Waals surface area (Å²) in [5.41, 5.74) is 0.947. The molecule has 1 aromatic rings. The Morgan fingerprint density at radius 1 is 1.32 bits per heavy atom. The van der Waals surface area contributed by atoms with Gasteiger partial charge in [0, 0.05) is 12.6 Å². The molecule has 100 valence electrons. The zero-order chi connectivity index (χ0) is 13.2. The van der Waals surface area contributed by atoms with Gasteiger partial charge in [0.15, 0.2) is 0 Å². The molecule has 4 rings (SSSR count). The van der Waals surface area contributed by atoms with Gasteiger partial charge in [0.05, 0.1) is 0 Å². The number of hydrogen-bond donors (Lipinski definition) is 1. The van der Waals surface area contributed by atoms with E-state index in [9.17, 15) is 9.59 Å². The summed E-state index contributed by atoms with van der Waals surface area (Å²) in [5, 5.41) is 2.89. The SMILES string of the molecule is O=C1NC2CCC1N(C(=O)OCc1ccccc1)C2. The zero-order valence-electron chi connectivity index (χ0n) is 10.5. The monoisotopic (exact) mass is 260 g/mol. The number of ether oxygens (including phenoxy) is 1. The van der Waals surface area contributed by atoms with Gasteiger partial charge in [-0.3, -0.25) is 9.69 Å². The van der Waals surface area contributed by atoms with E-state index in [4.69, 9.17) is 4.74 Å². The highest BCUT2D eigenvalue weighted by molar-refractivity contribution is 5.88. The summed E-state index contributed by atoms with van der Waals surface area (Å²) in [4.78, 5) is 25.3. The van der Waals surface area contributed by atoms with Crippen molar-refractivity contribution < 1.29 is 14.3 Å². The molecule has 3 fully saturated rings. The van der Waals surface area contributed by atoms with Crippen molar-refractivity contribution in [3.63, 3.8) is 0 Å². The van der Waals surface area contributed by atoms with Crippen LogP contribution in [0.5, 0.6) is 0 Å². The summed E-state index contributed by atoms with van der Waals surface area (Å²) in [6.45, 7) is 0.805. The molecule has 2 unspecified atom stereocenters. The lowest BCUT2D eigenvalue weighted by Gasteiger charge is -2.43. The number of fused-ring (bicyclic) bond motifs is 3. The molecule has 3 heterocycles. The predicted octanol–water partition coefficient (Wildman–Crippen LogP) is 1.29. The normalized spacial score (nSPS) is 25.1. The largest absolute Gasteiger partial charge is 0.445 e. The lowest BCUT2D eigenvalue weighted by Crippen LogP contribution is -2.65. The summed E-state index contributed by atoms with van der Waals surface area (Å²) in [6.07, 6.45) is 1.28. The number of piperazine rings is 1. The van der Waals surface area contributed by atoms with E-state index >= 15 is 0 Å². The van der Waals surface area contributed by atoms with Crippen LogP contribution >= 0.6 is 0 Å². The summed E-state index contributed by atoms with van der Waals surface area (Å²) in [5.74, 6) is -0.0563. The van der Waals surface area contributed by atoms with Gasteiger partial charge in [-0.2, -0.15) is 0 Å². The highest BCUT2D eigenvalue weighted by Gasteiger charge is 2.42. The van der Waals surface area contributed by atoms with Crippen LogP contribution in [-0.2, 0) is 16.1 Å². The zero-order valence-corrected chi connectivity index (χ0v) is 10.5. The van der Waals surface area contributed by atoms with Gasteiger partial charge in [-0.25, -0.2) is 4.79 Å². The maximum absolute atomic E-state index is 12.0. The molecule has 0 saturated carbocycles. The Bertz CT molecular complexity index is 489. The first-order valence-electron chi connectivity index (χ1n) is 6.52. The number of rotatable bonds is 2. The van der Waals surface area contributed by atoms with E-state index < -0.39 is 6.09 Å². The van der Waals surface area contributed by atoms with Crippen molar-refractivity contribution in [3.8, 4) is 0 Å². The Morgan fingerprint density at radius 2 is 2.11 bits per heavy atom. The summed E-state index contributed by atoms with van der Waals surface area (Å²) in [6, 6.07) is 9.26. The molecule has 0 aromatic heterocycles. The second-order valence-corrected chi connectivity index (χ2v) is 4.99. The van der Waals surface area contributed by atoms with Crippen molar-refractivity contribution >= 4 is 12.0 Å². The first kappa shape index (κ1) is 12.0. The average molecular weight is 260 g/mol. The molecule has 0 spiro atoms. The smallest absolute Gasteiger partial charge is 0.410 e. The number of nitrogens with one attached hydrogen (secondary N) is 1. The lowest BCUT2D eigenvalue weighted by molar-refractivity contribution is -0.133. The van der Waals surface area contributed by atoms with E-state index in [-0.39, 0.29) is 24.6 Å². The van der Waals surface area contributed by atoms with Crippen LogP contribution in [-0.4, -0.2) is 35.5 Å². The van der Waals surface area contributed by atoms with E-state index in [0.717, 1.165) is 18.4 Å². The molecule has 2 amide bonds. The lowest BCUT2D eigenvalue weighted by atomic mass is 9.93. The van der Waals surface area contributed by atoms with Gasteiger partial charge in [-0.05, 0) is 18.4 Å². The molecule has 3 aliphatic rings. The molecule has 0 aliphatic carbocycles. The van der Waals surface area contributed by atoms with Crippen molar-refractivity contribution in [1.82, 2.24) is 10.2 Å². The van der Waals surface area contributed by atoms with E-state index in [0.29, 0.717) is 6.54 Å². The number of carbonyl (C=O) groups excluding carboxylic acids is 2. The molecule has 2 atom stereocenters. The van der Waals surface area contributed by atoms with E-state index in [1.807, 2.05) is 30.3 Å². The third kappa shape index (κ3) is 2.41. The van der Waals surface area contributed by atoms with Gasteiger partial charge in [0.2, 0.25) is 5.91 Å². The second-order valence-electron chi connectivity index (χ2n) is 4.99. The van der Waals surface area contributed by atoms with Crippen molar-refractivity contribution in [2.75, 3.05) is 6.54 Å². The molecule has 0 radical (unpaired) electrons. The fourth-order valence-corrected chi connectivity index (χ4v) is 2.66. The number of carbonyl (C=O) groups is 2. The first-order valence-corrected chi connectivity index (χ1v) is 6.52. The van der Waals surface area contributed by atoms with E-state index in [1.54, 1.807) is 4.90 Å². The molecule has 5 nitrogen and oxygen atoms in total. The minimum Gasteiger partial charge on any atom is -0.445 e. The van der Waals surface area contributed by atoms with E-state index in [1.165, 1.54) is 0 Å². The molecule has 1 N–H and O–H groups in total. The Hall–Kier alpha value is -2.04. The van der Waals surface area contributed by atoms with Crippen LogP contribution in [0.25, 0.3) is 0 Å². The average Bonchev–Trinajstić information content (AvgIpc) is 2.46. The van der Waals surface area contributed by atoms with Crippen LogP contribution in [0.3, 0.4) is 0 Å². The summed E-state index contributed by atoms with van der Waals surface area (Å²) < 4.78 is 5.28. The Morgan fingerprint density at radius 3 is 2.79 bits per heavy atom. The predicted molar refractivity (Wildman–Crippen MR) is 68.3 cm³/mol. The van der Waals surface area contributed by atoms with Crippen LogP contribution < -0.4 is 5.32 Å². The number of nitrogens with zero attached hydrogens (tertiary/aromatic N) is 1. The maximum Gasteiger partial charge on any atom is 0.410 e. The van der Waals surface area contributed by atoms with Gasteiger partial charge in [0.1, 0.15) is 12.6 Å². The Balaban J connectivity index is 1.60. The number of amides is 2. The fraction of sp³-hybridized carbons (Fsp3) is 0.429. The van der Waals surface area contributed by atoms with Crippen molar-refractivity contribution in [3.05, 3.63) is 35.9 Å². The molecule has 2 bridgehead atoms. The second kappa shape index (κ2) is 4.91. The van der Waals surface area contributed by atoms with E-state index in [2.05, 4.69) is 5.32 Å². The quantitative estimate of drug-likeness (QED) is 0.871. The minimum absolute atomic E-state index is 0.0563. The molecule has 1 aromatic carbocycles. The highest BCUT2D eigenvalue weighted by Crippen LogP contribution is 2.24. The van der Waals surface area contributed by atoms with Gasteiger partial charge in [-0.15, -0.1) is 0 Å². The van der Waals surface area contributed by atoms with Crippen molar-refractivity contribution in [2.45, 2.75) is 31.5 Å². The van der Waals surface area contributed by atoms with Crippen LogP contribution in [0.4, 0.5) is 4.79 Å². The first-order chi connectivity index (χ1) is 9.24. The van der Waals surface area contributed by atoms with Gasteiger partial charge < -0.3 is 10.1 Å². The van der Waals surface area contributed by atoms with Gasteiger partial charge in [0.25, 0.3) is 0 Å². The Kier molecular flexibility index (Phi) is 3.11. The van der Waals surface area contributed by atoms with Crippen molar-refractivity contribution in [1.29, 1.82) is 0 Å². The van der Waals surface area contributed by atoms with Crippen molar-refractivity contribution in [2.24, 2.45) is 0 Å². The van der Waals surface area contributed by atoms with Crippen LogP contribution in [0.1, 0.15) is 18.4 Å². The number of benzene rings is 1. The summed E-state index contributed by atoms with van der Waals surface area (Å²) >= 11 is 0. The number of hydrogen-bond acceptors (Lipinski definition) is 3. The van der Waals surface area contributed by atoms with Crippen LogP contribution in [0.15, 0.2) is 30.3 Å². The molecule has 5 heteroatoms. The fourth-order valence-electron chi connectivity index (χ4n) is 2.66. The standard InChI is InChI=1S/C14H16N2O3/c17-13-12-7-6-11(15-13)8-16(12)14(18)19-9-10-4-2-1-3-5-10/h1-5,11-12H,6-9H2,(H,15,17). The molecule has 3 saturated heterocycles. The van der Waals surface area contributed by atoms with Crippen LogP contribution in [0.2, 0.25) is 0 Å². The maximum atomic E-state index is 12.0.